The van der Waals surface area contributed by atoms with Crippen LogP contribution in [-0.4, -0.2) is 7.85 Å². The number of benzene rings is 1. The van der Waals surface area contributed by atoms with Crippen LogP contribution >= 0.6 is 15.9 Å². The Kier molecular flexibility index (Phi) is 4.13. The Bertz CT molecular complexity index is 333. The highest BCUT2D eigenvalue weighted by Crippen LogP contribution is 2.43. The van der Waals surface area contributed by atoms with Gasteiger partial charge in [0, 0.05) is 4.47 Å². The van der Waals surface area contributed by atoms with Crippen LogP contribution in [0.4, 0.5) is 0 Å². The van der Waals surface area contributed by atoms with Gasteiger partial charge in [-0.3, -0.25) is 0 Å². The first-order valence-corrected chi connectivity index (χ1v) is 7.01. The van der Waals surface area contributed by atoms with E-state index in [2.05, 4.69) is 47.1 Å². The van der Waals surface area contributed by atoms with Crippen molar-refractivity contribution in [3.63, 3.8) is 0 Å². The van der Waals surface area contributed by atoms with Crippen molar-refractivity contribution in [2.24, 2.45) is 5.92 Å². The summed E-state index contributed by atoms with van der Waals surface area (Å²) in [4.78, 5) is 0. The summed E-state index contributed by atoms with van der Waals surface area (Å²) in [6.45, 7) is 2.28. The Labute approximate surface area is 108 Å². The molecule has 1 aliphatic carbocycles. The zero-order valence-electron chi connectivity index (χ0n) is 9.83. The summed E-state index contributed by atoms with van der Waals surface area (Å²) >= 11 is 3.47. The van der Waals surface area contributed by atoms with Crippen LogP contribution in [-0.2, 0) is 0 Å². The maximum Gasteiger partial charge on any atom is 0.0707 e. The molecular weight excluding hydrogens is 259 g/mol. The predicted octanol–water partition coefficient (Wildman–Crippen LogP) is 4.70. The monoisotopic (exact) mass is 276 g/mol. The van der Waals surface area contributed by atoms with Crippen molar-refractivity contribution < 1.29 is 0 Å². The van der Waals surface area contributed by atoms with Gasteiger partial charge in [-0.25, -0.2) is 0 Å². The van der Waals surface area contributed by atoms with Gasteiger partial charge in [-0.15, -0.1) is 0 Å². The summed E-state index contributed by atoms with van der Waals surface area (Å²) in [5.41, 5.74) is 1.41. The van der Waals surface area contributed by atoms with E-state index in [9.17, 15) is 0 Å². The van der Waals surface area contributed by atoms with Gasteiger partial charge >= 0.3 is 0 Å². The number of hydrogen-bond acceptors (Lipinski definition) is 0. The molecule has 2 rings (SSSR count). The fourth-order valence-corrected chi connectivity index (χ4v) is 3.06. The molecular formula is C14H18BBr. The van der Waals surface area contributed by atoms with Crippen LogP contribution in [0.1, 0.15) is 44.1 Å². The molecule has 1 fully saturated rings. The summed E-state index contributed by atoms with van der Waals surface area (Å²) < 4.78 is 1.15. The van der Waals surface area contributed by atoms with Crippen LogP contribution < -0.4 is 0 Å². The van der Waals surface area contributed by atoms with E-state index in [1.807, 2.05) is 0 Å². The molecule has 0 heterocycles. The highest BCUT2D eigenvalue weighted by molar-refractivity contribution is 9.10. The Morgan fingerprint density at radius 3 is 2.50 bits per heavy atom. The molecule has 1 aromatic rings. The molecule has 0 bridgehead atoms. The van der Waals surface area contributed by atoms with Gasteiger partial charge in [0.05, 0.1) is 7.85 Å². The molecule has 3 atom stereocenters. The lowest BCUT2D eigenvalue weighted by molar-refractivity contribution is 0.319. The molecule has 0 aliphatic heterocycles. The van der Waals surface area contributed by atoms with E-state index < -0.39 is 0 Å². The third kappa shape index (κ3) is 2.71. The Balaban J connectivity index is 2.08. The summed E-state index contributed by atoms with van der Waals surface area (Å²) in [5.74, 6) is 1.76. The maximum atomic E-state index is 6.30. The third-order valence-corrected chi connectivity index (χ3v) is 4.41. The average molecular weight is 277 g/mol. The van der Waals surface area contributed by atoms with Crippen molar-refractivity contribution in [3.8, 4) is 0 Å². The molecule has 84 valence electrons. The highest BCUT2D eigenvalue weighted by Gasteiger charge is 2.27. The second-order valence-electron chi connectivity index (χ2n) is 4.91. The molecule has 0 amide bonds. The van der Waals surface area contributed by atoms with Gasteiger partial charge in [-0.1, -0.05) is 53.6 Å². The largest absolute Gasteiger partial charge is 0.0707 e. The van der Waals surface area contributed by atoms with Gasteiger partial charge in [0.2, 0.25) is 0 Å². The van der Waals surface area contributed by atoms with E-state index in [0.717, 1.165) is 10.4 Å². The minimum absolute atomic E-state index is 0.347. The first-order valence-electron chi connectivity index (χ1n) is 6.21. The molecule has 2 heteroatoms. The third-order valence-electron chi connectivity index (χ3n) is 3.88. The first-order chi connectivity index (χ1) is 7.70. The van der Waals surface area contributed by atoms with E-state index in [4.69, 9.17) is 7.85 Å². The number of hydrogen-bond donors (Lipinski definition) is 0. The quantitative estimate of drug-likeness (QED) is 0.687. The van der Waals surface area contributed by atoms with Crippen LogP contribution in [0.25, 0.3) is 0 Å². The molecule has 0 N–H and O–H groups in total. The standard InChI is InChI=1S/C14H18BBr/c1-2-10-3-8-13(14(15)9-10)11-4-6-12(16)7-5-11/h4-7,10,13-14H,2-3,8-9H2,1H3. The lowest BCUT2D eigenvalue weighted by Gasteiger charge is -2.34. The van der Waals surface area contributed by atoms with Gasteiger partial charge in [-0.05, 0) is 42.4 Å². The van der Waals surface area contributed by atoms with E-state index in [0.29, 0.717) is 11.7 Å². The Morgan fingerprint density at radius 1 is 1.25 bits per heavy atom. The van der Waals surface area contributed by atoms with E-state index in [1.165, 1.54) is 31.2 Å². The van der Waals surface area contributed by atoms with Crippen LogP contribution in [0, 0.1) is 5.92 Å². The molecule has 3 unspecified atom stereocenters. The zero-order chi connectivity index (χ0) is 11.5. The van der Waals surface area contributed by atoms with E-state index in [1.54, 1.807) is 0 Å². The number of halogens is 1. The van der Waals surface area contributed by atoms with Crippen molar-refractivity contribution in [1.29, 1.82) is 0 Å². The maximum absolute atomic E-state index is 6.30. The van der Waals surface area contributed by atoms with Crippen LogP contribution in [0.5, 0.6) is 0 Å². The topological polar surface area (TPSA) is 0 Å². The van der Waals surface area contributed by atoms with E-state index in [-0.39, 0.29) is 0 Å². The minimum atomic E-state index is 0.347. The molecule has 1 aromatic carbocycles. The second-order valence-corrected chi connectivity index (χ2v) is 5.82. The van der Waals surface area contributed by atoms with Gasteiger partial charge in [-0.2, -0.15) is 0 Å². The van der Waals surface area contributed by atoms with E-state index >= 15 is 0 Å². The van der Waals surface area contributed by atoms with Crippen molar-refractivity contribution in [3.05, 3.63) is 34.3 Å². The molecule has 1 saturated carbocycles. The summed E-state index contributed by atoms with van der Waals surface area (Å²) in [6, 6.07) is 8.66. The van der Waals surface area contributed by atoms with Gasteiger partial charge < -0.3 is 0 Å². The Hall–Kier alpha value is -0.235. The lowest BCUT2D eigenvalue weighted by atomic mass is 9.62. The normalized spacial score (nSPS) is 30.2. The smallest absolute Gasteiger partial charge is 0.0704 e. The van der Waals surface area contributed by atoms with Crippen molar-refractivity contribution in [2.45, 2.75) is 44.3 Å². The van der Waals surface area contributed by atoms with Crippen molar-refractivity contribution in [1.82, 2.24) is 0 Å². The molecule has 0 spiro atoms. The molecule has 0 aromatic heterocycles. The average Bonchev–Trinajstić information content (AvgIpc) is 2.30. The van der Waals surface area contributed by atoms with Crippen molar-refractivity contribution >= 4 is 23.8 Å². The fourth-order valence-electron chi connectivity index (χ4n) is 2.79. The van der Waals surface area contributed by atoms with Crippen LogP contribution in [0.2, 0.25) is 5.82 Å². The van der Waals surface area contributed by atoms with Crippen LogP contribution in [0.15, 0.2) is 28.7 Å². The molecule has 0 nitrogen and oxygen atoms in total. The number of rotatable bonds is 2. The first kappa shape index (κ1) is 12.2. The second kappa shape index (κ2) is 5.40. The minimum Gasteiger partial charge on any atom is -0.0704 e. The Morgan fingerprint density at radius 2 is 1.94 bits per heavy atom. The van der Waals surface area contributed by atoms with Crippen molar-refractivity contribution in [2.75, 3.05) is 0 Å². The highest BCUT2D eigenvalue weighted by atomic mass is 79.9. The summed E-state index contributed by atoms with van der Waals surface area (Å²) in [6.07, 6.45) is 5.06. The van der Waals surface area contributed by atoms with Crippen LogP contribution in [0.3, 0.4) is 0 Å². The molecule has 16 heavy (non-hydrogen) atoms. The fraction of sp³-hybridized carbons (Fsp3) is 0.571. The predicted molar refractivity (Wildman–Crippen MR) is 74.0 cm³/mol. The van der Waals surface area contributed by atoms with Gasteiger partial charge in [0.15, 0.2) is 0 Å². The molecule has 1 aliphatic rings. The summed E-state index contributed by atoms with van der Waals surface area (Å²) in [5, 5.41) is 0. The summed E-state index contributed by atoms with van der Waals surface area (Å²) in [7, 11) is 6.30. The zero-order valence-corrected chi connectivity index (χ0v) is 11.4. The molecule has 0 saturated heterocycles. The lowest BCUT2D eigenvalue weighted by Crippen LogP contribution is -2.19. The SMILES string of the molecule is [B]C1CC(CC)CCC1c1ccc(Br)cc1. The molecule has 2 radical (unpaired) electrons. The van der Waals surface area contributed by atoms with Gasteiger partial charge in [0.1, 0.15) is 0 Å². The van der Waals surface area contributed by atoms with Gasteiger partial charge in [0.25, 0.3) is 0 Å².